The first-order valence-corrected chi connectivity index (χ1v) is 22.0. The second-order valence-corrected chi connectivity index (χ2v) is 16.0. The van der Waals surface area contributed by atoms with Crippen LogP contribution in [0, 0.1) is 0 Å². The van der Waals surface area contributed by atoms with E-state index in [4.69, 9.17) is 9.05 Å². The normalized spacial score (nSPS) is 15.4. The Labute approximate surface area is 325 Å². The average Bonchev–Trinajstić information content (AvgIpc) is 3.10. The zero-order valence-corrected chi connectivity index (χ0v) is 35.1. The highest BCUT2D eigenvalue weighted by molar-refractivity contribution is 7.47. The molecule has 3 atom stereocenters. The number of hydrogen-bond donors (Lipinski definition) is 3. The van der Waals surface area contributed by atoms with Gasteiger partial charge in [-0.15, -0.1) is 0 Å². The van der Waals surface area contributed by atoms with Crippen LogP contribution in [0.3, 0.4) is 0 Å². The molecule has 0 aromatic carbocycles. The molecule has 0 saturated carbocycles. The molecule has 0 aliphatic heterocycles. The number of carbonyl (C=O) groups is 1. The fourth-order valence-electron chi connectivity index (χ4n) is 5.13. The van der Waals surface area contributed by atoms with Gasteiger partial charge in [0.1, 0.15) is 13.2 Å². The molecule has 0 fully saturated rings. The summed E-state index contributed by atoms with van der Waals surface area (Å²) in [4.78, 5) is 23.0. The number of aliphatic hydroxyl groups excluding tert-OH is 1. The van der Waals surface area contributed by atoms with Gasteiger partial charge >= 0.3 is 7.82 Å². The molecular formula is C44H78N2O6P+. The zero-order chi connectivity index (χ0) is 39.3. The maximum absolute atomic E-state index is 12.8. The van der Waals surface area contributed by atoms with Gasteiger partial charge in [-0.25, -0.2) is 4.57 Å². The molecule has 304 valence electrons. The Balaban J connectivity index is 4.42. The lowest BCUT2D eigenvalue weighted by Crippen LogP contribution is -2.45. The number of carbonyl (C=O) groups excluding carboxylic acids is 1. The molecule has 0 heterocycles. The van der Waals surface area contributed by atoms with Crippen LogP contribution in [0.1, 0.15) is 136 Å². The molecule has 0 radical (unpaired) electrons. The van der Waals surface area contributed by atoms with Gasteiger partial charge in [0.25, 0.3) is 0 Å². The van der Waals surface area contributed by atoms with Crippen molar-refractivity contribution < 1.29 is 32.9 Å². The van der Waals surface area contributed by atoms with Gasteiger partial charge in [0.05, 0.1) is 39.9 Å². The molecule has 0 rings (SSSR count). The van der Waals surface area contributed by atoms with E-state index in [-0.39, 0.29) is 19.1 Å². The fourth-order valence-corrected chi connectivity index (χ4v) is 5.86. The Kier molecular flexibility index (Phi) is 33.8. The van der Waals surface area contributed by atoms with Gasteiger partial charge in [-0.2, -0.15) is 0 Å². The molecule has 3 unspecified atom stereocenters. The average molecular weight is 762 g/mol. The number of likely N-dealkylation sites (N-methyl/N-ethyl adjacent to an activating group) is 1. The first kappa shape index (κ1) is 50.7. The Hall–Kier alpha value is -2.32. The van der Waals surface area contributed by atoms with Crippen LogP contribution in [0.15, 0.2) is 85.1 Å². The standard InChI is InChI=1S/C44H77N2O6P/c1-6-8-10-12-14-16-18-19-20-21-22-23-24-25-26-27-28-30-32-34-36-38-44(48)45-42(41-52-53(49,50)51-40-39-46(3,4)5)43(47)37-35-33-31-29-17-15-13-11-9-7-2/h8-11,14,16-17,19-20,22-23,29,35,37,42-43,47H,6-7,12-13,15,18,21,24-28,30-34,36,38-41H2,1-5H3,(H-,45,48,49,50)/p+1/b10-8-,11-9+,16-14-,20-19-,23-22-,29-17+,37-35+. The summed E-state index contributed by atoms with van der Waals surface area (Å²) in [6.45, 7) is 4.50. The molecule has 8 nitrogen and oxygen atoms in total. The number of allylic oxidation sites excluding steroid dienone is 13. The van der Waals surface area contributed by atoms with E-state index in [0.29, 0.717) is 17.4 Å². The van der Waals surface area contributed by atoms with Crippen LogP contribution in [-0.4, -0.2) is 73.4 Å². The number of aliphatic hydroxyl groups is 1. The molecule has 3 N–H and O–H groups in total. The summed E-state index contributed by atoms with van der Waals surface area (Å²) >= 11 is 0. The number of amides is 1. The summed E-state index contributed by atoms with van der Waals surface area (Å²) in [7, 11) is 1.52. The predicted molar refractivity (Wildman–Crippen MR) is 226 cm³/mol. The topological polar surface area (TPSA) is 105 Å². The van der Waals surface area contributed by atoms with E-state index in [2.05, 4.69) is 92.1 Å². The van der Waals surface area contributed by atoms with Crippen LogP contribution in [0.2, 0.25) is 0 Å². The summed E-state index contributed by atoms with van der Waals surface area (Å²) in [5, 5.41) is 13.7. The lowest BCUT2D eigenvalue weighted by Gasteiger charge is -2.25. The zero-order valence-electron chi connectivity index (χ0n) is 34.2. The van der Waals surface area contributed by atoms with Gasteiger partial charge < -0.3 is 19.8 Å². The summed E-state index contributed by atoms with van der Waals surface area (Å²) in [5.41, 5.74) is 0. The monoisotopic (exact) mass is 762 g/mol. The predicted octanol–water partition coefficient (Wildman–Crippen LogP) is 11.0. The molecular weight excluding hydrogens is 683 g/mol. The van der Waals surface area contributed by atoms with Crippen molar-refractivity contribution in [3.8, 4) is 0 Å². The molecule has 0 aromatic rings. The van der Waals surface area contributed by atoms with Crippen LogP contribution in [-0.2, 0) is 18.4 Å². The molecule has 0 aliphatic carbocycles. The maximum Gasteiger partial charge on any atom is 0.472 e. The van der Waals surface area contributed by atoms with Crippen molar-refractivity contribution in [1.82, 2.24) is 5.32 Å². The van der Waals surface area contributed by atoms with Crippen molar-refractivity contribution in [1.29, 1.82) is 0 Å². The lowest BCUT2D eigenvalue weighted by molar-refractivity contribution is -0.870. The molecule has 0 bridgehead atoms. The Morgan fingerprint density at radius 3 is 1.66 bits per heavy atom. The first-order valence-electron chi connectivity index (χ1n) is 20.5. The fraction of sp³-hybridized carbons (Fsp3) is 0.659. The molecule has 0 saturated heterocycles. The van der Waals surface area contributed by atoms with Gasteiger partial charge in [-0.3, -0.25) is 13.8 Å². The van der Waals surface area contributed by atoms with Gasteiger partial charge in [-0.1, -0.05) is 137 Å². The third-order valence-corrected chi connectivity index (χ3v) is 9.32. The van der Waals surface area contributed by atoms with Crippen molar-refractivity contribution in [3.05, 3.63) is 85.1 Å². The van der Waals surface area contributed by atoms with Gasteiger partial charge in [-0.05, 0) is 77.0 Å². The number of quaternary nitrogens is 1. The molecule has 53 heavy (non-hydrogen) atoms. The van der Waals surface area contributed by atoms with E-state index in [9.17, 15) is 19.4 Å². The van der Waals surface area contributed by atoms with Crippen LogP contribution < -0.4 is 5.32 Å². The molecule has 0 aliphatic rings. The first-order chi connectivity index (χ1) is 25.5. The van der Waals surface area contributed by atoms with Gasteiger partial charge in [0, 0.05) is 6.42 Å². The van der Waals surface area contributed by atoms with Crippen molar-refractivity contribution in [2.45, 2.75) is 148 Å². The third kappa shape index (κ3) is 37.8. The van der Waals surface area contributed by atoms with Crippen molar-refractivity contribution in [3.63, 3.8) is 0 Å². The minimum atomic E-state index is -4.35. The lowest BCUT2D eigenvalue weighted by atomic mass is 10.1. The molecule has 0 spiro atoms. The van der Waals surface area contributed by atoms with Crippen LogP contribution >= 0.6 is 7.82 Å². The SMILES string of the molecule is CC/C=C\C/C=C\C/C=C\C/C=C\CCCCCCCCCCC(=O)NC(COP(=O)(O)OCC[N+](C)(C)C)C(O)/C=C/CC/C=C/CC/C=C/CC. The van der Waals surface area contributed by atoms with E-state index < -0.39 is 20.0 Å². The number of phosphoric ester groups is 1. The highest BCUT2D eigenvalue weighted by Crippen LogP contribution is 2.43. The van der Waals surface area contributed by atoms with Crippen molar-refractivity contribution in [2.24, 2.45) is 0 Å². The largest absolute Gasteiger partial charge is 0.472 e. The van der Waals surface area contributed by atoms with Crippen LogP contribution in [0.25, 0.3) is 0 Å². The third-order valence-electron chi connectivity index (χ3n) is 8.34. The van der Waals surface area contributed by atoms with Gasteiger partial charge in [0.15, 0.2) is 0 Å². The van der Waals surface area contributed by atoms with Crippen molar-refractivity contribution >= 4 is 13.7 Å². The Morgan fingerprint density at radius 1 is 0.642 bits per heavy atom. The summed E-state index contributed by atoms with van der Waals surface area (Å²) in [6.07, 6.45) is 48.1. The summed E-state index contributed by atoms with van der Waals surface area (Å²) in [6, 6.07) is -0.876. The number of nitrogens with zero attached hydrogens (tertiary/aromatic N) is 1. The van der Waals surface area contributed by atoms with E-state index in [1.165, 1.54) is 25.7 Å². The second-order valence-electron chi connectivity index (χ2n) is 14.6. The number of rotatable bonds is 35. The van der Waals surface area contributed by atoms with Gasteiger partial charge in [0.2, 0.25) is 5.91 Å². The minimum absolute atomic E-state index is 0.0468. The number of hydrogen-bond acceptors (Lipinski definition) is 5. The van der Waals surface area contributed by atoms with E-state index in [0.717, 1.165) is 89.9 Å². The maximum atomic E-state index is 12.8. The quantitative estimate of drug-likeness (QED) is 0.0257. The number of phosphoric acid groups is 1. The molecule has 1 amide bonds. The Bertz CT molecular complexity index is 1140. The summed E-state index contributed by atoms with van der Waals surface area (Å²) in [5.74, 6) is -0.208. The Morgan fingerprint density at radius 2 is 1.09 bits per heavy atom. The minimum Gasteiger partial charge on any atom is -0.387 e. The second kappa shape index (κ2) is 35.4. The molecule has 9 heteroatoms. The highest BCUT2D eigenvalue weighted by atomic mass is 31.2. The molecule has 0 aromatic heterocycles. The number of nitrogens with one attached hydrogen (secondary N) is 1. The van der Waals surface area contributed by atoms with E-state index >= 15 is 0 Å². The van der Waals surface area contributed by atoms with E-state index in [1.54, 1.807) is 6.08 Å². The van der Waals surface area contributed by atoms with E-state index in [1.807, 2.05) is 27.2 Å². The number of unbranched alkanes of at least 4 members (excludes halogenated alkanes) is 10. The van der Waals surface area contributed by atoms with Crippen molar-refractivity contribution in [2.75, 3.05) is 40.9 Å². The highest BCUT2D eigenvalue weighted by Gasteiger charge is 2.27. The smallest absolute Gasteiger partial charge is 0.387 e. The van der Waals surface area contributed by atoms with Crippen LogP contribution in [0.4, 0.5) is 0 Å². The van der Waals surface area contributed by atoms with Crippen LogP contribution in [0.5, 0.6) is 0 Å². The summed E-state index contributed by atoms with van der Waals surface area (Å²) < 4.78 is 23.4.